The van der Waals surface area contributed by atoms with Crippen molar-refractivity contribution in [1.29, 1.82) is 0 Å². The van der Waals surface area contributed by atoms with E-state index in [0.29, 0.717) is 11.6 Å². The van der Waals surface area contributed by atoms with Gasteiger partial charge in [-0.15, -0.1) is 0 Å². The molecule has 98 valence electrons. The first-order valence-electron chi connectivity index (χ1n) is 6.40. The molecule has 4 nitrogen and oxygen atoms in total. The van der Waals surface area contributed by atoms with Crippen molar-refractivity contribution >= 4 is 5.97 Å². The Morgan fingerprint density at radius 2 is 2.39 bits per heavy atom. The van der Waals surface area contributed by atoms with Crippen LogP contribution in [0.4, 0.5) is 0 Å². The fraction of sp³-hybridized carbons (Fsp3) is 0.500. The van der Waals surface area contributed by atoms with E-state index in [1.807, 2.05) is 6.07 Å². The summed E-state index contributed by atoms with van der Waals surface area (Å²) < 4.78 is 0. The standard InChI is InChI=1S/C14H20N2O2/c1-16-7-3-6-13(16)10-15-9-11-4-2-5-12(8-11)14(17)18/h2,4-5,8,13,15H,3,6-7,9-10H2,1H3,(H,17,18). The number of benzene rings is 1. The van der Waals surface area contributed by atoms with Crippen molar-refractivity contribution in [2.75, 3.05) is 20.1 Å². The highest BCUT2D eigenvalue weighted by atomic mass is 16.4. The zero-order chi connectivity index (χ0) is 13.0. The zero-order valence-corrected chi connectivity index (χ0v) is 10.7. The molecule has 1 atom stereocenters. The minimum atomic E-state index is -0.868. The molecule has 1 saturated heterocycles. The van der Waals surface area contributed by atoms with Gasteiger partial charge in [0.2, 0.25) is 0 Å². The van der Waals surface area contributed by atoms with Gasteiger partial charge in [0.1, 0.15) is 0 Å². The lowest BCUT2D eigenvalue weighted by Gasteiger charge is -2.19. The van der Waals surface area contributed by atoms with E-state index in [1.165, 1.54) is 19.4 Å². The molecule has 1 heterocycles. The summed E-state index contributed by atoms with van der Waals surface area (Å²) >= 11 is 0. The first-order valence-corrected chi connectivity index (χ1v) is 6.40. The smallest absolute Gasteiger partial charge is 0.335 e. The van der Waals surface area contributed by atoms with Crippen LogP contribution in [0.2, 0.25) is 0 Å². The molecule has 18 heavy (non-hydrogen) atoms. The average molecular weight is 248 g/mol. The van der Waals surface area contributed by atoms with E-state index in [4.69, 9.17) is 5.11 Å². The lowest BCUT2D eigenvalue weighted by Crippen LogP contribution is -2.35. The van der Waals surface area contributed by atoms with Crippen LogP contribution in [0.15, 0.2) is 24.3 Å². The van der Waals surface area contributed by atoms with E-state index in [-0.39, 0.29) is 0 Å². The molecule has 1 aromatic carbocycles. The Hall–Kier alpha value is -1.39. The molecule has 0 bridgehead atoms. The van der Waals surface area contributed by atoms with Crippen molar-refractivity contribution in [3.8, 4) is 0 Å². The van der Waals surface area contributed by atoms with Crippen LogP contribution in [-0.4, -0.2) is 42.2 Å². The predicted molar refractivity (Wildman–Crippen MR) is 70.8 cm³/mol. The summed E-state index contributed by atoms with van der Waals surface area (Å²) in [4.78, 5) is 13.2. The van der Waals surface area contributed by atoms with Gasteiger partial charge in [0.15, 0.2) is 0 Å². The quantitative estimate of drug-likeness (QED) is 0.830. The first-order chi connectivity index (χ1) is 8.66. The fourth-order valence-corrected chi connectivity index (χ4v) is 2.43. The van der Waals surface area contributed by atoms with Gasteiger partial charge in [-0.25, -0.2) is 4.79 Å². The number of hydrogen-bond donors (Lipinski definition) is 2. The third-order valence-corrected chi connectivity index (χ3v) is 3.55. The largest absolute Gasteiger partial charge is 0.478 e. The summed E-state index contributed by atoms with van der Waals surface area (Å²) in [6, 6.07) is 7.72. The number of likely N-dealkylation sites (tertiary alicyclic amines) is 1. The molecule has 2 N–H and O–H groups in total. The molecular weight excluding hydrogens is 228 g/mol. The maximum Gasteiger partial charge on any atom is 0.335 e. The van der Waals surface area contributed by atoms with Crippen LogP contribution in [0, 0.1) is 0 Å². The summed E-state index contributed by atoms with van der Waals surface area (Å²) in [5, 5.41) is 12.3. The van der Waals surface area contributed by atoms with Gasteiger partial charge in [-0.05, 0) is 44.1 Å². The second-order valence-corrected chi connectivity index (χ2v) is 4.91. The van der Waals surface area contributed by atoms with Crippen LogP contribution in [0.25, 0.3) is 0 Å². The molecule has 0 spiro atoms. The molecule has 0 aliphatic carbocycles. The third-order valence-electron chi connectivity index (χ3n) is 3.55. The lowest BCUT2D eigenvalue weighted by atomic mass is 10.1. The first kappa shape index (κ1) is 13.1. The highest BCUT2D eigenvalue weighted by Crippen LogP contribution is 2.13. The van der Waals surface area contributed by atoms with E-state index in [9.17, 15) is 4.79 Å². The SMILES string of the molecule is CN1CCCC1CNCc1cccc(C(=O)O)c1. The van der Waals surface area contributed by atoms with Crippen LogP contribution >= 0.6 is 0 Å². The van der Waals surface area contributed by atoms with Gasteiger partial charge in [-0.2, -0.15) is 0 Å². The molecule has 0 aromatic heterocycles. The number of carboxylic acid groups (broad SMARTS) is 1. The zero-order valence-electron chi connectivity index (χ0n) is 10.7. The number of likely N-dealkylation sites (N-methyl/N-ethyl adjacent to an activating group) is 1. The Kier molecular flexibility index (Phi) is 4.33. The van der Waals surface area contributed by atoms with Crippen molar-refractivity contribution in [3.05, 3.63) is 35.4 Å². The normalized spacial score (nSPS) is 20.2. The van der Waals surface area contributed by atoms with E-state index < -0.39 is 5.97 Å². The molecule has 4 heteroatoms. The molecule has 1 unspecified atom stereocenters. The average Bonchev–Trinajstić information content (AvgIpc) is 2.76. The third kappa shape index (κ3) is 3.31. The summed E-state index contributed by atoms with van der Waals surface area (Å²) in [6.07, 6.45) is 2.52. The summed E-state index contributed by atoms with van der Waals surface area (Å²) in [6.45, 7) is 2.88. The van der Waals surface area contributed by atoms with Gasteiger partial charge < -0.3 is 15.3 Å². The minimum Gasteiger partial charge on any atom is -0.478 e. The van der Waals surface area contributed by atoms with Crippen LogP contribution < -0.4 is 5.32 Å². The number of aromatic carboxylic acids is 1. The van der Waals surface area contributed by atoms with E-state index in [2.05, 4.69) is 17.3 Å². The summed E-state index contributed by atoms with van der Waals surface area (Å²) in [7, 11) is 2.16. The summed E-state index contributed by atoms with van der Waals surface area (Å²) in [5.74, 6) is -0.868. The van der Waals surface area contributed by atoms with Gasteiger partial charge in [0.25, 0.3) is 0 Å². The number of rotatable bonds is 5. The van der Waals surface area contributed by atoms with Crippen molar-refractivity contribution in [2.24, 2.45) is 0 Å². The van der Waals surface area contributed by atoms with E-state index >= 15 is 0 Å². The Labute approximate surface area is 108 Å². The monoisotopic (exact) mass is 248 g/mol. The van der Waals surface area contributed by atoms with Gasteiger partial charge in [-0.1, -0.05) is 12.1 Å². The lowest BCUT2D eigenvalue weighted by molar-refractivity contribution is 0.0696. The molecule has 0 amide bonds. The van der Waals surface area contributed by atoms with Crippen LogP contribution in [0.3, 0.4) is 0 Å². The Morgan fingerprint density at radius 1 is 1.56 bits per heavy atom. The van der Waals surface area contributed by atoms with Crippen molar-refractivity contribution < 1.29 is 9.90 Å². The summed E-state index contributed by atoms with van der Waals surface area (Å²) in [5.41, 5.74) is 1.38. The highest BCUT2D eigenvalue weighted by Gasteiger charge is 2.19. The van der Waals surface area contributed by atoms with Crippen LogP contribution in [0.5, 0.6) is 0 Å². The highest BCUT2D eigenvalue weighted by molar-refractivity contribution is 5.87. The van der Waals surface area contributed by atoms with Gasteiger partial charge in [-0.3, -0.25) is 0 Å². The predicted octanol–water partition coefficient (Wildman–Crippen LogP) is 1.57. The number of carbonyl (C=O) groups is 1. The number of hydrogen-bond acceptors (Lipinski definition) is 3. The maximum atomic E-state index is 10.9. The van der Waals surface area contributed by atoms with Gasteiger partial charge in [0, 0.05) is 19.1 Å². The molecule has 1 aliphatic rings. The second-order valence-electron chi connectivity index (χ2n) is 4.91. The van der Waals surface area contributed by atoms with Crippen LogP contribution in [0.1, 0.15) is 28.8 Å². The number of nitrogens with one attached hydrogen (secondary N) is 1. The molecule has 1 aromatic rings. The van der Waals surface area contributed by atoms with Crippen molar-refractivity contribution in [1.82, 2.24) is 10.2 Å². The molecule has 0 saturated carbocycles. The number of nitrogens with zero attached hydrogens (tertiary/aromatic N) is 1. The van der Waals surface area contributed by atoms with Crippen molar-refractivity contribution in [3.63, 3.8) is 0 Å². The molecule has 2 rings (SSSR count). The molecule has 0 radical (unpaired) electrons. The molecule has 1 aliphatic heterocycles. The molecule has 1 fully saturated rings. The topological polar surface area (TPSA) is 52.6 Å². The maximum absolute atomic E-state index is 10.9. The van der Waals surface area contributed by atoms with E-state index in [1.54, 1.807) is 18.2 Å². The number of carboxylic acids is 1. The van der Waals surface area contributed by atoms with E-state index in [0.717, 1.165) is 18.7 Å². The van der Waals surface area contributed by atoms with Crippen LogP contribution in [-0.2, 0) is 6.54 Å². The Bertz CT molecular complexity index is 420. The second kappa shape index (κ2) is 5.98. The van der Waals surface area contributed by atoms with Gasteiger partial charge >= 0.3 is 5.97 Å². The Morgan fingerprint density at radius 3 is 3.06 bits per heavy atom. The fourth-order valence-electron chi connectivity index (χ4n) is 2.43. The van der Waals surface area contributed by atoms with Crippen molar-refractivity contribution in [2.45, 2.75) is 25.4 Å². The minimum absolute atomic E-state index is 0.354. The Balaban J connectivity index is 1.83. The van der Waals surface area contributed by atoms with Gasteiger partial charge in [0.05, 0.1) is 5.56 Å². The molecular formula is C14H20N2O2.